The molecule has 4 aromatic rings. The fourth-order valence-electron chi connectivity index (χ4n) is 2.99. The molecule has 8 heteroatoms. The summed E-state index contributed by atoms with van der Waals surface area (Å²) >= 11 is 6.31. The van der Waals surface area contributed by atoms with Crippen molar-refractivity contribution < 1.29 is 13.2 Å². The van der Waals surface area contributed by atoms with Crippen LogP contribution in [0, 0.1) is 0 Å². The van der Waals surface area contributed by atoms with Crippen molar-refractivity contribution in [2.75, 3.05) is 13.4 Å². The summed E-state index contributed by atoms with van der Waals surface area (Å²) in [6.45, 7) is 0.567. The summed E-state index contributed by atoms with van der Waals surface area (Å²) in [5.74, 6) is 0.796. The largest absolute Gasteiger partial charge is 0.497 e. The number of ether oxygens (including phenoxy) is 1. The van der Waals surface area contributed by atoms with Crippen LogP contribution in [0.25, 0.3) is 21.8 Å². The molecule has 0 bridgehead atoms. The quantitative estimate of drug-likeness (QED) is 0.487. The Labute approximate surface area is 161 Å². The van der Waals surface area contributed by atoms with Crippen LogP contribution in [-0.2, 0) is 16.4 Å². The Kier molecular flexibility index (Phi) is 4.28. The summed E-state index contributed by atoms with van der Waals surface area (Å²) in [5, 5.41) is 6.43. The van der Waals surface area contributed by atoms with Gasteiger partial charge in [0, 0.05) is 23.2 Å². The highest BCUT2D eigenvalue weighted by atomic mass is 35.5. The summed E-state index contributed by atoms with van der Waals surface area (Å²) in [7, 11) is -1.69. The number of hydrogen-bond acceptors (Lipinski definition) is 5. The van der Waals surface area contributed by atoms with E-state index in [1.807, 2.05) is 30.5 Å². The number of halogens is 1. The van der Waals surface area contributed by atoms with Crippen molar-refractivity contribution >= 4 is 43.2 Å². The van der Waals surface area contributed by atoms with Gasteiger partial charge in [0.05, 0.1) is 24.1 Å². The number of sulfone groups is 1. The van der Waals surface area contributed by atoms with Gasteiger partial charge in [0.15, 0.2) is 15.0 Å². The van der Waals surface area contributed by atoms with Gasteiger partial charge in [0.2, 0.25) is 0 Å². The zero-order valence-electron chi connectivity index (χ0n) is 14.7. The van der Waals surface area contributed by atoms with Crippen LogP contribution in [-0.4, -0.2) is 36.5 Å². The Morgan fingerprint density at radius 2 is 1.85 bits per heavy atom. The van der Waals surface area contributed by atoms with Crippen molar-refractivity contribution in [1.29, 1.82) is 0 Å². The van der Waals surface area contributed by atoms with Crippen LogP contribution < -0.4 is 4.74 Å². The molecular formula is C19H16ClN3O3S. The van der Waals surface area contributed by atoms with Gasteiger partial charge in [-0.15, -0.1) is 0 Å². The van der Waals surface area contributed by atoms with Gasteiger partial charge in [-0.25, -0.2) is 13.4 Å². The third kappa shape index (κ3) is 3.36. The summed E-state index contributed by atoms with van der Waals surface area (Å²) < 4.78 is 30.6. The van der Waals surface area contributed by atoms with Crippen LogP contribution in [0.15, 0.2) is 53.6 Å². The molecule has 0 aliphatic carbocycles. The standard InChI is InChI=1S/C19H16ClN3O3S/c1-26-13-5-3-12(4-6-13)10-23-11-16-15-8-7-14(27(2,24)25)9-17(15)21-19(20)18(16)22-23/h3-9,11H,10H2,1-2H3. The molecule has 4 rings (SSSR count). The first-order chi connectivity index (χ1) is 12.8. The van der Waals surface area contributed by atoms with E-state index in [2.05, 4.69) is 10.1 Å². The summed E-state index contributed by atoms with van der Waals surface area (Å²) in [5.41, 5.74) is 2.18. The molecular weight excluding hydrogens is 386 g/mol. The zero-order chi connectivity index (χ0) is 19.2. The van der Waals surface area contributed by atoms with Gasteiger partial charge in [-0.2, -0.15) is 5.10 Å². The number of benzene rings is 2. The Hall–Kier alpha value is -2.64. The molecule has 6 nitrogen and oxygen atoms in total. The van der Waals surface area contributed by atoms with Crippen molar-refractivity contribution in [3.63, 3.8) is 0 Å². The van der Waals surface area contributed by atoms with Crippen LogP contribution in [0.2, 0.25) is 5.15 Å². The molecule has 138 valence electrons. The molecule has 0 N–H and O–H groups in total. The fraction of sp³-hybridized carbons (Fsp3) is 0.158. The second kappa shape index (κ2) is 6.51. The SMILES string of the molecule is COc1ccc(Cn2cc3c(n2)c(Cl)nc2cc(S(C)(=O)=O)ccc23)cc1. The second-order valence-corrected chi connectivity index (χ2v) is 8.66. The molecule has 0 saturated carbocycles. The van der Waals surface area contributed by atoms with Crippen LogP contribution in [0.5, 0.6) is 5.75 Å². The third-order valence-electron chi connectivity index (χ3n) is 4.37. The molecule has 0 aliphatic heterocycles. The predicted octanol–water partition coefficient (Wildman–Crippen LogP) is 3.70. The molecule has 2 heterocycles. The normalized spacial score (nSPS) is 12.0. The minimum atomic E-state index is -3.32. The Bertz CT molecular complexity index is 1270. The fourth-order valence-corrected chi connectivity index (χ4v) is 3.86. The molecule has 2 aromatic heterocycles. The molecule has 0 amide bonds. The van der Waals surface area contributed by atoms with Crippen molar-refractivity contribution in [1.82, 2.24) is 14.8 Å². The van der Waals surface area contributed by atoms with Gasteiger partial charge >= 0.3 is 0 Å². The molecule has 0 radical (unpaired) electrons. The Morgan fingerprint density at radius 3 is 2.52 bits per heavy atom. The molecule has 0 unspecified atom stereocenters. The first-order valence-corrected chi connectivity index (χ1v) is 10.4. The highest BCUT2D eigenvalue weighted by molar-refractivity contribution is 7.90. The van der Waals surface area contributed by atoms with E-state index in [-0.39, 0.29) is 10.0 Å². The van der Waals surface area contributed by atoms with Crippen molar-refractivity contribution in [2.45, 2.75) is 11.4 Å². The topological polar surface area (TPSA) is 74.1 Å². The van der Waals surface area contributed by atoms with Gasteiger partial charge in [-0.3, -0.25) is 4.68 Å². The summed E-state index contributed by atoms with van der Waals surface area (Å²) in [4.78, 5) is 4.54. The third-order valence-corrected chi connectivity index (χ3v) is 5.74. The van der Waals surface area contributed by atoms with Crippen LogP contribution in [0.4, 0.5) is 0 Å². The van der Waals surface area contributed by atoms with E-state index in [0.717, 1.165) is 22.1 Å². The number of hydrogen-bond donors (Lipinski definition) is 0. The molecule has 0 saturated heterocycles. The second-order valence-electron chi connectivity index (χ2n) is 6.29. The first-order valence-electron chi connectivity index (χ1n) is 8.14. The highest BCUT2D eigenvalue weighted by Gasteiger charge is 2.14. The predicted molar refractivity (Wildman–Crippen MR) is 105 cm³/mol. The molecule has 2 aromatic carbocycles. The van der Waals surface area contributed by atoms with Crippen molar-refractivity contribution in [3.05, 3.63) is 59.4 Å². The number of nitrogens with zero attached hydrogens (tertiary/aromatic N) is 3. The smallest absolute Gasteiger partial charge is 0.175 e. The van der Waals surface area contributed by atoms with E-state index >= 15 is 0 Å². The Balaban J connectivity index is 1.80. The minimum absolute atomic E-state index is 0.212. The van der Waals surface area contributed by atoms with E-state index in [0.29, 0.717) is 17.6 Å². The lowest BCUT2D eigenvalue weighted by atomic mass is 10.1. The number of aromatic nitrogens is 3. The highest BCUT2D eigenvalue weighted by Crippen LogP contribution is 2.30. The monoisotopic (exact) mass is 401 g/mol. The average molecular weight is 402 g/mol. The van der Waals surface area contributed by atoms with Crippen LogP contribution in [0.1, 0.15) is 5.56 Å². The van der Waals surface area contributed by atoms with E-state index in [1.54, 1.807) is 23.9 Å². The zero-order valence-corrected chi connectivity index (χ0v) is 16.3. The maximum absolute atomic E-state index is 11.8. The maximum Gasteiger partial charge on any atom is 0.175 e. The van der Waals surface area contributed by atoms with Gasteiger partial charge in [0.1, 0.15) is 11.3 Å². The minimum Gasteiger partial charge on any atom is -0.497 e. The molecule has 0 atom stereocenters. The Morgan fingerprint density at radius 1 is 1.11 bits per heavy atom. The van der Waals surface area contributed by atoms with Gasteiger partial charge in [-0.1, -0.05) is 29.8 Å². The van der Waals surface area contributed by atoms with Gasteiger partial charge < -0.3 is 4.74 Å². The van der Waals surface area contributed by atoms with Gasteiger partial charge in [0.25, 0.3) is 0 Å². The number of methoxy groups -OCH3 is 1. The van der Waals surface area contributed by atoms with Crippen LogP contribution in [0.3, 0.4) is 0 Å². The summed E-state index contributed by atoms with van der Waals surface area (Å²) in [6, 6.07) is 12.6. The maximum atomic E-state index is 11.8. The molecule has 0 aliphatic rings. The van der Waals surface area contributed by atoms with E-state index < -0.39 is 9.84 Å². The lowest BCUT2D eigenvalue weighted by Gasteiger charge is -2.03. The number of fused-ring (bicyclic) bond motifs is 3. The van der Waals surface area contributed by atoms with E-state index in [9.17, 15) is 8.42 Å². The molecule has 0 spiro atoms. The molecule has 27 heavy (non-hydrogen) atoms. The summed E-state index contributed by atoms with van der Waals surface area (Å²) in [6.07, 6.45) is 3.07. The lowest BCUT2D eigenvalue weighted by Crippen LogP contribution is -1.99. The average Bonchev–Trinajstić information content (AvgIpc) is 3.06. The van der Waals surface area contributed by atoms with Crippen LogP contribution >= 0.6 is 11.6 Å². The number of pyridine rings is 1. The van der Waals surface area contributed by atoms with Crippen molar-refractivity contribution in [3.8, 4) is 5.75 Å². The van der Waals surface area contributed by atoms with Crippen molar-refractivity contribution in [2.24, 2.45) is 0 Å². The molecule has 0 fully saturated rings. The first kappa shape index (κ1) is 17.8. The number of rotatable bonds is 4. The van der Waals surface area contributed by atoms with E-state index in [1.165, 1.54) is 12.3 Å². The van der Waals surface area contributed by atoms with E-state index in [4.69, 9.17) is 16.3 Å². The van der Waals surface area contributed by atoms with Gasteiger partial charge in [-0.05, 0) is 29.8 Å². The lowest BCUT2D eigenvalue weighted by molar-refractivity contribution is 0.414.